The highest BCUT2D eigenvalue weighted by Crippen LogP contribution is 2.60. The average Bonchev–Trinajstić information content (AvgIpc) is 3.85. The van der Waals surface area contributed by atoms with Crippen molar-refractivity contribution >= 4 is 37.2 Å². The standard InChI is InChI=1S/C43H56N6O8Si/c1-6-56-34-13-14-37-30(23-34)24-36(44-18-7-8-20-50)41(52)49(37)32-11-9-10-29(22-32)26-48-38-15-12-33(55-3)25-35(38)43(42(48)53)28(2)40(58(4,5)54)39(57-43)16-19-47-27-31(17-21-51)45-46-47/h9-15,22-23,25,27-28,36,39-40,44,50-51,54H,6-8,16-21,24,26H2,1-5H3/t28-,36?,39+,40-,43+/m0/s1. The van der Waals surface area contributed by atoms with Crippen LogP contribution in [0.5, 0.6) is 11.5 Å². The molecule has 1 aromatic heterocycles. The van der Waals surface area contributed by atoms with Crippen LogP contribution in [0, 0.1) is 5.92 Å². The summed E-state index contributed by atoms with van der Waals surface area (Å²) in [5.41, 5.74) is 3.72. The lowest BCUT2D eigenvalue weighted by molar-refractivity contribution is -0.146. The van der Waals surface area contributed by atoms with E-state index in [4.69, 9.17) is 14.2 Å². The lowest BCUT2D eigenvalue weighted by atomic mass is 9.82. The lowest BCUT2D eigenvalue weighted by Gasteiger charge is -2.35. The van der Waals surface area contributed by atoms with Gasteiger partial charge in [-0.15, -0.1) is 5.10 Å². The molecule has 310 valence electrons. The third-order valence-electron chi connectivity index (χ3n) is 11.8. The predicted molar refractivity (Wildman–Crippen MR) is 222 cm³/mol. The molecule has 4 aromatic rings. The van der Waals surface area contributed by atoms with E-state index in [1.54, 1.807) is 21.6 Å². The molecule has 7 rings (SSSR count). The van der Waals surface area contributed by atoms with Crippen LogP contribution in [0.25, 0.3) is 0 Å². The summed E-state index contributed by atoms with van der Waals surface area (Å²) in [5.74, 6) is 0.680. The zero-order valence-corrected chi connectivity index (χ0v) is 35.1. The first kappa shape index (κ1) is 41.5. The van der Waals surface area contributed by atoms with E-state index in [1.807, 2.05) is 93.8 Å². The van der Waals surface area contributed by atoms with Gasteiger partial charge in [0.15, 0.2) is 13.9 Å². The van der Waals surface area contributed by atoms with Crippen LogP contribution in [0.4, 0.5) is 17.1 Å². The van der Waals surface area contributed by atoms with Gasteiger partial charge >= 0.3 is 0 Å². The highest BCUT2D eigenvalue weighted by molar-refractivity contribution is 6.71. The Morgan fingerprint density at radius 2 is 1.81 bits per heavy atom. The molecule has 1 fully saturated rings. The van der Waals surface area contributed by atoms with Crippen molar-refractivity contribution < 1.29 is 38.8 Å². The number of unbranched alkanes of at least 4 members (excludes halogenated alkanes) is 1. The number of hydrogen-bond acceptors (Lipinski definition) is 11. The summed E-state index contributed by atoms with van der Waals surface area (Å²) in [4.78, 5) is 44.8. The molecule has 3 aromatic carbocycles. The van der Waals surface area contributed by atoms with Gasteiger partial charge in [0.1, 0.15) is 11.5 Å². The Hall–Kier alpha value is -4.64. The largest absolute Gasteiger partial charge is 0.497 e. The SMILES string of the molecule is CCOc1ccc2c(c1)CC(NCCCCO)C(=O)N2c1cccc(CN2C(=O)[C@]3(O[C@H](CCn4cc(CCO)nn4)[C@@H]([Si](C)(C)O)[C@@H]3C)c3cc(OC)ccc32)c1. The number of aromatic nitrogens is 3. The van der Waals surface area contributed by atoms with Crippen LogP contribution in [-0.2, 0) is 45.9 Å². The molecule has 4 N–H and O–H groups in total. The first-order chi connectivity index (χ1) is 27.9. The number of methoxy groups -OCH3 is 1. The van der Waals surface area contributed by atoms with Gasteiger partial charge < -0.3 is 39.4 Å². The lowest BCUT2D eigenvalue weighted by Crippen LogP contribution is -2.49. The Morgan fingerprint density at radius 3 is 2.55 bits per heavy atom. The van der Waals surface area contributed by atoms with Crippen molar-refractivity contribution in [2.45, 2.75) is 95.4 Å². The molecule has 1 unspecified atom stereocenters. The molecule has 0 bridgehead atoms. The van der Waals surface area contributed by atoms with Crippen LogP contribution < -0.4 is 24.6 Å². The summed E-state index contributed by atoms with van der Waals surface area (Å²) in [6, 6.07) is 18.7. The van der Waals surface area contributed by atoms with Crippen molar-refractivity contribution in [3.8, 4) is 11.5 Å². The first-order valence-corrected chi connectivity index (χ1v) is 23.4. The quantitative estimate of drug-likeness (QED) is 0.0868. The molecule has 4 heterocycles. The molecule has 15 heteroatoms. The van der Waals surface area contributed by atoms with E-state index in [0.717, 1.165) is 29.0 Å². The van der Waals surface area contributed by atoms with Gasteiger partial charge in [0, 0.05) is 55.1 Å². The molecule has 1 saturated heterocycles. The zero-order chi connectivity index (χ0) is 41.2. The van der Waals surface area contributed by atoms with Gasteiger partial charge in [0.25, 0.3) is 5.91 Å². The second kappa shape index (κ2) is 17.3. The summed E-state index contributed by atoms with van der Waals surface area (Å²) in [6.45, 7) is 9.64. The van der Waals surface area contributed by atoms with Gasteiger partial charge in [-0.05, 0) is 112 Å². The average molecular weight is 813 g/mol. The monoisotopic (exact) mass is 812 g/mol. The molecule has 0 saturated carbocycles. The van der Waals surface area contributed by atoms with E-state index < -0.39 is 26.1 Å². The molecule has 0 radical (unpaired) electrons. The number of carbonyl (C=O) groups is 2. The van der Waals surface area contributed by atoms with Crippen molar-refractivity contribution in [3.05, 3.63) is 89.2 Å². The number of benzene rings is 3. The molecule has 0 aliphatic carbocycles. The molecule has 14 nitrogen and oxygen atoms in total. The third-order valence-corrected chi connectivity index (χ3v) is 14.3. The summed E-state index contributed by atoms with van der Waals surface area (Å²) in [7, 11) is -1.32. The maximum absolute atomic E-state index is 15.2. The number of rotatable bonds is 17. The number of carbonyl (C=O) groups excluding carboxylic acids is 2. The van der Waals surface area contributed by atoms with Crippen LogP contribution in [0.15, 0.2) is 66.9 Å². The smallest absolute Gasteiger partial charge is 0.264 e. The molecule has 2 amide bonds. The number of fused-ring (bicyclic) bond motifs is 3. The third kappa shape index (κ3) is 7.90. The molecule has 58 heavy (non-hydrogen) atoms. The Bertz CT molecular complexity index is 2110. The minimum atomic E-state index is -2.91. The van der Waals surface area contributed by atoms with Gasteiger partial charge in [0.05, 0.1) is 49.5 Å². The van der Waals surface area contributed by atoms with Crippen LogP contribution in [0.1, 0.15) is 55.5 Å². The molecule has 3 aliphatic rings. The zero-order valence-electron chi connectivity index (χ0n) is 34.1. The number of aryl methyl sites for hydroxylation is 1. The number of hydrogen-bond donors (Lipinski definition) is 4. The number of aliphatic hydroxyl groups is 2. The number of nitrogens with one attached hydrogen (secondary N) is 1. The molecule has 1 spiro atoms. The van der Waals surface area contributed by atoms with Crippen LogP contribution in [-0.4, -0.2) is 95.8 Å². The van der Waals surface area contributed by atoms with Crippen molar-refractivity contribution in [1.82, 2.24) is 20.3 Å². The highest BCUT2D eigenvalue weighted by Gasteiger charge is 2.66. The minimum absolute atomic E-state index is 0.0205. The number of aliphatic hydroxyl groups excluding tert-OH is 2. The van der Waals surface area contributed by atoms with Crippen molar-refractivity contribution in [3.63, 3.8) is 0 Å². The van der Waals surface area contributed by atoms with E-state index in [0.29, 0.717) is 73.8 Å². The maximum atomic E-state index is 15.2. The Morgan fingerprint density at radius 1 is 1.02 bits per heavy atom. The van der Waals surface area contributed by atoms with Crippen LogP contribution in [0.3, 0.4) is 0 Å². The van der Waals surface area contributed by atoms with Crippen molar-refractivity contribution in [1.29, 1.82) is 0 Å². The minimum Gasteiger partial charge on any atom is -0.497 e. The normalized spacial score (nSPS) is 22.8. The Labute approximate surface area is 340 Å². The molecular weight excluding hydrogens is 757 g/mol. The molecule has 3 aliphatic heterocycles. The maximum Gasteiger partial charge on any atom is 0.264 e. The number of ether oxygens (including phenoxy) is 3. The summed E-state index contributed by atoms with van der Waals surface area (Å²) < 4.78 is 20.3. The molecular formula is C43H56N6O8Si. The van der Waals surface area contributed by atoms with E-state index in [1.165, 1.54) is 0 Å². The van der Waals surface area contributed by atoms with Crippen LogP contribution >= 0.6 is 0 Å². The van der Waals surface area contributed by atoms with Crippen molar-refractivity contribution in [2.24, 2.45) is 5.92 Å². The van der Waals surface area contributed by atoms with Crippen LogP contribution in [0.2, 0.25) is 18.6 Å². The number of anilines is 3. The van der Waals surface area contributed by atoms with Gasteiger partial charge in [-0.2, -0.15) is 0 Å². The summed E-state index contributed by atoms with van der Waals surface area (Å²) in [5, 5.41) is 30.5. The predicted octanol–water partition coefficient (Wildman–Crippen LogP) is 4.61. The first-order valence-electron chi connectivity index (χ1n) is 20.4. The summed E-state index contributed by atoms with van der Waals surface area (Å²) in [6.07, 6.45) is 4.17. The fourth-order valence-corrected chi connectivity index (χ4v) is 11.8. The second-order valence-corrected chi connectivity index (χ2v) is 20.1. The summed E-state index contributed by atoms with van der Waals surface area (Å²) >= 11 is 0. The van der Waals surface area contributed by atoms with E-state index >= 15 is 4.79 Å². The van der Waals surface area contributed by atoms with E-state index in [-0.39, 0.29) is 43.0 Å². The number of amides is 2. The Balaban J connectivity index is 1.21. The molecule has 5 atom stereocenters. The van der Waals surface area contributed by atoms with Gasteiger partial charge in [-0.1, -0.05) is 24.3 Å². The van der Waals surface area contributed by atoms with E-state index in [2.05, 4.69) is 15.6 Å². The fourth-order valence-electron chi connectivity index (χ4n) is 9.24. The highest BCUT2D eigenvalue weighted by atomic mass is 28.4. The Kier molecular flexibility index (Phi) is 12.4. The van der Waals surface area contributed by atoms with Gasteiger partial charge in [-0.3, -0.25) is 19.2 Å². The number of nitrogens with zero attached hydrogens (tertiary/aromatic N) is 5. The van der Waals surface area contributed by atoms with Crippen molar-refractivity contribution in [2.75, 3.05) is 43.3 Å². The van der Waals surface area contributed by atoms with E-state index in [9.17, 15) is 19.8 Å². The fraction of sp³-hybridized carbons (Fsp3) is 0.488. The van der Waals surface area contributed by atoms with Gasteiger partial charge in [0.2, 0.25) is 5.91 Å². The van der Waals surface area contributed by atoms with Gasteiger partial charge in [-0.25, -0.2) is 0 Å². The topological polar surface area (TPSA) is 172 Å². The second-order valence-electron chi connectivity index (χ2n) is 16.1.